The molecular weight excluding hydrogens is 238 g/mol. The summed E-state index contributed by atoms with van der Waals surface area (Å²) in [4.78, 5) is 15.8. The molecule has 4 heteroatoms. The summed E-state index contributed by atoms with van der Waals surface area (Å²) in [7, 11) is 1.81. The number of hydrogen-bond donors (Lipinski definition) is 0. The minimum Gasteiger partial charge on any atom is -0.361 e. The van der Waals surface area contributed by atoms with E-state index >= 15 is 0 Å². The molecule has 1 rings (SSSR count). The van der Waals surface area contributed by atoms with E-state index < -0.39 is 0 Å². The van der Waals surface area contributed by atoms with Gasteiger partial charge in [-0.25, -0.2) is 0 Å². The number of hydrogen-bond acceptors (Lipinski definition) is 3. The first-order chi connectivity index (χ1) is 9.06. The van der Waals surface area contributed by atoms with Gasteiger partial charge in [0.15, 0.2) is 0 Å². The van der Waals surface area contributed by atoms with E-state index in [1.165, 1.54) is 0 Å². The summed E-state index contributed by atoms with van der Waals surface area (Å²) in [5.74, 6) is 0.0665. The van der Waals surface area contributed by atoms with E-state index in [0.717, 1.165) is 5.69 Å². The normalized spacial score (nSPS) is 10.1. The zero-order chi connectivity index (χ0) is 14.3. The molecule has 102 valence electrons. The second-order valence-electron chi connectivity index (χ2n) is 4.76. The van der Waals surface area contributed by atoms with Crippen molar-refractivity contribution in [2.75, 3.05) is 25.0 Å². The van der Waals surface area contributed by atoms with Crippen molar-refractivity contribution in [1.29, 1.82) is 5.26 Å². The Morgan fingerprint density at radius 1 is 1.32 bits per heavy atom. The van der Waals surface area contributed by atoms with Crippen LogP contribution in [-0.2, 0) is 4.79 Å². The highest BCUT2D eigenvalue weighted by Gasteiger charge is 2.16. The predicted molar refractivity (Wildman–Crippen MR) is 76.8 cm³/mol. The van der Waals surface area contributed by atoms with E-state index in [-0.39, 0.29) is 11.9 Å². The minimum absolute atomic E-state index is 0.0665. The van der Waals surface area contributed by atoms with Crippen LogP contribution in [0, 0.1) is 11.3 Å². The number of anilines is 1. The molecular formula is C15H21N3O. The number of likely N-dealkylation sites (N-methyl/N-ethyl adjacent to an activating group) is 1. The number of amides is 1. The summed E-state index contributed by atoms with van der Waals surface area (Å²) in [5.41, 5.74) is 0.975. The standard InChI is InChI=1S/C15H21N3O/c1-13(2)17(3)15(19)12-18(11-7-10-16)14-8-5-4-6-9-14/h4-6,8-9,13H,7,11-12H2,1-3H3. The van der Waals surface area contributed by atoms with Gasteiger partial charge in [-0.3, -0.25) is 4.79 Å². The number of carbonyl (C=O) groups excluding carboxylic acids is 1. The highest BCUT2D eigenvalue weighted by Crippen LogP contribution is 2.14. The van der Waals surface area contributed by atoms with Crippen molar-refractivity contribution in [3.8, 4) is 6.07 Å². The third kappa shape index (κ3) is 4.63. The monoisotopic (exact) mass is 259 g/mol. The lowest BCUT2D eigenvalue weighted by Gasteiger charge is -2.28. The zero-order valence-corrected chi connectivity index (χ0v) is 11.8. The summed E-state index contributed by atoms with van der Waals surface area (Å²) in [6.07, 6.45) is 0.410. The first kappa shape index (κ1) is 15.0. The average Bonchev–Trinajstić information content (AvgIpc) is 2.43. The topological polar surface area (TPSA) is 47.3 Å². The van der Waals surface area contributed by atoms with Crippen LogP contribution in [-0.4, -0.2) is 37.0 Å². The SMILES string of the molecule is CC(C)N(C)C(=O)CN(CCC#N)c1ccccc1. The largest absolute Gasteiger partial charge is 0.361 e. The van der Waals surface area contributed by atoms with E-state index in [1.54, 1.807) is 11.9 Å². The first-order valence-corrected chi connectivity index (χ1v) is 6.49. The molecule has 19 heavy (non-hydrogen) atoms. The van der Waals surface area contributed by atoms with Gasteiger partial charge >= 0.3 is 0 Å². The van der Waals surface area contributed by atoms with Gasteiger partial charge < -0.3 is 9.80 Å². The Bertz CT molecular complexity index is 436. The van der Waals surface area contributed by atoms with Crippen LogP contribution in [0.15, 0.2) is 30.3 Å². The van der Waals surface area contributed by atoms with Crippen molar-refractivity contribution >= 4 is 11.6 Å². The smallest absolute Gasteiger partial charge is 0.242 e. The predicted octanol–water partition coefficient (Wildman–Crippen LogP) is 2.27. The first-order valence-electron chi connectivity index (χ1n) is 6.49. The maximum Gasteiger partial charge on any atom is 0.242 e. The fourth-order valence-corrected chi connectivity index (χ4v) is 1.69. The van der Waals surface area contributed by atoms with Gasteiger partial charge in [-0.1, -0.05) is 18.2 Å². The Hall–Kier alpha value is -2.02. The molecule has 0 N–H and O–H groups in total. The molecule has 0 atom stereocenters. The molecule has 0 bridgehead atoms. The molecule has 0 radical (unpaired) electrons. The summed E-state index contributed by atoms with van der Waals surface area (Å²) >= 11 is 0. The summed E-state index contributed by atoms with van der Waals surface area (Å²) < 4.78 is 0. The maximum atomic E-state index is 12.1. The summed E-state index contributed by atoms with van der Waals surface area (Å²) in [6.45, 7) is 4.85. The van der Waals surface area contributed by atoms with Crippen LogP contribution in [0.1, 0.15) is 20.3 Å². The molecule has 0 aliphatic rings. The highest BCUT2D eigenvalue weighted by molar-refractivity contribution is 5.81. The molecule has 0 saturated carbocycles. The molecule has 0 unspecified atom stereocenters. The number of nitrogens with zero attached hydrogens (tertiary/aromatic N) is 3. The average molecular weight is 259 g/mol. The molecule has 0 aliphatic carbocycles. The molecule has 4 nitrogen and oxygen atoms in total. The lowest BCUT2D eigenvalue weighted by atomic mass is 10.2. The second-order valence-corrected chi connectivity index (χ2v) is 4.76. The lowest BCUT2D eigenvalue weighted by Crippen LogP contribution is -2.41. The van der Waals surface area contributed by atoms with E-state index in [1.807, 2.05) is 49.1 Å². The van der Waals surface area contributed by atoms with E-state index in [2.05, 4.69) is 6.07 Å². The van der Waals surface area contributed by atoms with Crippen molar-refractivity contribution in [2.24, 2.45) is 0 Å². The summed E-state index contributed by atoms with van der Waals surface area (Å²) in [5, 5.41) is 8.72. The van der Waals surface area contributed by atoms with Crippen LogP contribution >= 0.6 is 0 Å². The third-order valence-electron chi connectivity index (χ3n) is 3.11. The van der Waals surface area contributed by atoms with Gasteiger partial charge in [-0.15, -0.1) is 0 Å². The molecule has 0 saturated heterocycles. The molecule has 0 fully saturated rings. The summed E-state index contributed by atoms with van der Waals surface area (Å²) in [6, 6.07) is 12.0. The number of benzene rings is 1. The number of rotatable bonds is 6. The van der Waals surface area contributed by atoms with E-state index in [4.69, 9.17) is 5.26 Å². The van der Waals surface area contributed by atoms with Crippen LogP contribution in [0.5, 0.6) is 0 Å². The third-order valence-corrected chi connectivity index (χ3v) is 3.11. The quantitative estimate of drug-likeness (QED) is 0.787. The molecule has 0 aromatic heterocycles. The van der Waals surface area contributed by atoms with Crippen molar-refractivity contribution in [1.82, 2.24) is 4.90 Å². The second kappa shape index (κ2) is 7.42. The van der Waals surface area contributed by atoms with Crippen molar-refractivity contribution in [2.45, 2.75) is 26.3 Å². The highest BCUT2D eigenvalue weighted by atomic mass is 16.2. The molecule has 0 aliphatic heterocycles. The zero-order valence-electron chi connectivity index (χ0n) is 11.8. The van der Waals surface area contributed by atoms with Gasteiger partial charge in [-0.05, 0) is 26.0 Å². The molecule has 1 aromatic rings. The molecule has 0 heterocycles. The Kier molecular flexibility index (Phi) is 5.87. The van der Waals surface area contributed by atoms with Crippen molar-refractivity contribution in [3.63, 3.8) is 0 Å². The maximum absolute atomic E-state index is 12.1. The van der Waals surface area contributed by atoms with Crippen molar-refractivity contribution < 1.29 is 4.79 Å². The van der Waals surface area contributed by atoms with Crippen molar-refractivity contribution in [3.05, 3.63) is 30.3 Å². The fourth-order valence-electron chi connectivity index (χ4n) is 1.69. The van der Waals surface area contributed by atoms with Crippen LogP contribution in [0.25, 0.3) is 0 Å². The number of para-hydroxylation sites is 1. The van der Waals surface area contributed by atoms with Crippen LogP contribution in [0.3, 0.4) is 0 Å². The van der Waals surface area contributed by atoms with Crippen LogP contribution in [0.2, 0.25) is 0 Å². The lowest BCUT2D eigenvalue weighted by molar-refractivity contribution is -0.129. The Balaban J connectivity index is 2.76. The molecule has 0 spiro atoms. The number of carbonyl (C=O) groups is 1. The Morgan fingerprint density at radius 3 is 2.47 bits per heavy atom. The van der Waals surface area contributed by atoms with E-state index in [0.29, 0.717) is 19.5 Å². The van der Waals surface area contributed by atoms with E-state index in [9.17, 15) is 4.79 Å². The minimum atomic E-state index is 0.0665. The van der Waals surface area contributed by atoms with Crippen LogP contribution < -0.4 is 4.90 Å². The Morgan fingerprint density at radius 2 is 1.95 bits per heavy atom. The van der Waals surface area contributed by atoms with Gasteiger partial charge in [-0.2, -0.15) is 5.26 Å². The van der Waals surface area contributed by atoms with Gasteiger partial charge in [0.1, 0.15) is 0 Å². The molecule has 1 aromatic carbocycles. The molecule has 1 amide bonds. The van der Waals surface area contributed by atoms with Gasteiger partial charge in [0.2, 0.25) is 5.91 Å². The number of nitriles is 1. The van der Waals surface area contributed by atoms with Gasteiger partial charge in [0.25, 0.3) is 0 Å². The van der Waals surface area contributed by atoms with Gasteiger partial charge in [0.05, 0.1) is 19.0 Å². The van der Waals surface area contributed by atoms with Gasteiger partial charge in [0, 0.05) is 25.3 Å². The fraction of sp³-hybridized carbons (Fsp3) is 0.467. The Labute approximate surface area is 115 Å². The van der Waals surface area contributed by atoms with Crippen LogP contribution in [0.4, 0.5) is 5.69 Å².